The summed E-state index contributed by atoms with van der Waals surface area (Å²) in [5.74, 6) is -6.33. The molecule has 14 heteroatoms. The molecule has 2 nitrogen and oxygen atoms in total. The molecule has 0 heterocycles. The van der Waals surface area contributed by atoms with E-state index in [9.17, 15) is 62.9 Å². The van der Waals surface area contributed by atoms with Gasteiger partial charge in [-0.3, -0.25) is 0 Å². The fraction of sp³-hybridized carbons (Fsp3) is 1.00. The summed E-state index contributed by atoms with van der Waals surface area (Å²) < 4.78 is 160. The molecule has 5 unspecified atom stereocenters. The summed E-state index contributed by atoms with van der Waals surface area (Å²) in [7, 11) is 0. The van der Waals surface area contributed by atoms with Crippen molar-refractivity contribution in [3.8, 4) is 0 Å². The minimum atomic E-state index is -6.44. The molecule has 0 amide bonds. The van der Waals surface area contributed by atoms with E-state index in [1.165, 1.54) is 6.92 Å². The number of hydrogen-bond donors (Lipinski definition) is 2. The summed E-state index contributed by atoms with van der Waals surface area (Å²) in [5.41, 5.74) is -14.5. The van der Waals surface area contributed by atoms with Gasteiger partial charge in [-0.05, 0) is 42.9 Å². The summed E-state index contributed by atoms with van der Waals surface area (Å²) in [4.78, 5) is 0. The molecule has 2 rings (SSSR count). The monoisotopic (exact) mass is 470 g/mol. The molecule has 0 aliphatic heterocycles. The Kier molecular flexibility index (Phi) is 5.53. The molecule has 2 aliphatic rings. The zero-order valence-electron chi connectivity index (χ0n) is 15.4. The number of rotatable bonds is 3. The molecule has 0 spiro atoms. The molecule has 2 fully saturated rings. The molecule has 0 aromatic rings. The van der Waals surface area contributed by atoms with Gasteiger partial charge in [-0.15, -0.1) is 0 Å². The Morgan fingerprint density at radius 2 is 1.13 bits per heavy atom. The molecule has 30 heavy (non-hydrogen) atoms. The van der Waals surface area contributed by atoms with E-state index in [4.69, 9.17) is 0 Å². The second-order valence-electron chi connectivity index (χ2n) is 8.35. The van der Waals surface area contributed by atoms with Crippen molar-refractivity contribution in [1.29, 1.82) is 0 Å². The van der Waals surface area contributed by atoms with Crippen molar-refractivity contribution in [3.05, 3.63) is 0 Å². The Bertz CT molecular complexity index is 633. The first-order valence-corrected chi connectivity index (χ1v) is 8.70. The van der Waals surface area contributed by atoms with Gasteiger partial charge in [0.15, 0.2) is 0 Å². The van der Waals surface area contributed by atoms with Crippen LogP contribution in [-0.4, -0.2) is 46.1 Å². The van der Waals surface area contributed by atoms with Crippen LogP contribution >= 0.6 is 0 Å². The third-order valence-electron chi connectivity index (χ3n) is 7.23. The van der Waals surface area contributed by atoms with E-state index in [-0.39, 0.29) is 0 Å². The number of aliphatic hydroxyl groups is 2. The molecule has 5 atom stereocenters. The van der Waals surface area contributed by atoms with Crippen molar-refractivity contribution in [2.24, 2.45) is 29.1 Å². The maximum Gasteiger partial charge on any atom is 0.426 e. The molecule has 2 bridgehead atoms. The summed E-state index contributed by atoms with van der Waals surface area (Å²) in [6, 6.07) is 0. The molecule has 0 radical (unpaired) electrons. The lowest BCUT2D eigenvalue weighted by Gasteiger charge is -2.54. The zero-order valence-corrected chi connectivity index (χ0v) is 15.4. The van der Waals surface area contributed by atoms with Crippen LogP contribution in [-0.2, 0) is 0 Å². The van der Waals surface area contributed by atoms with Crippen molar-refractivity contribution >= 4 is 0 Å². The van der Waals surface area contributed by atoms with Gasteiger partial charge < -0.3 is 10.2 Å². The van der Waals surface area contributed by atoms with Crippen LogP contribution in [0.5, 0.6) is 0 Å². The fourth-order valence-corrected chi connectivity index (χ4v) is 5.57. The van der Waals surface area contributed by atoms with Crippen molar-refractivity contribution in [3.63, 3.8) is 0 Å². The molecule has 0 saturated heterocycles. The summed E-state index contributed by atoms with van der Waals surface area (Å²) >= 11 is 0. The van der Waals surface area contributed by atoms with Crippen LogP contribution in [0.4, 0.5) is 52.7 Å². The van der Waals surface area contributed by atoms with E-state index in [2.05, 4.69) is 0 Å². The molecule has 0 aromatic heterocycles. The van der Waals surface area contributed by atoms with E-state index in [0.717, 1.165) is 6.92 Å². The molecule has 2 saturated carbocycles. The van der Waals surface area contributed by atoms with Gasteiger partial charge in [0.2, 0.25) is 0 Å². The van der Waals surface area contributed by atoms with Gasteiger partial charge >= 0.3 is 24.7 Å². The van der Waals surface area contributed by atoms with E-state index in [1.807, 2.05) is 0 Å². The minimum Gasteiger partial charge on any atom is -0.374 e. The van der Waals surface area contributed by atoms with Crippen LogP contribution in [0.2, 0.25) is 0 Å². The second kappa shape index (κ2) is 6.55. The zero-order chi connectivity index (χ0) is 23.9. The van der Waals surface area contributed by atoms with Crippen molar-refractivity contribution < 1.29 is 62.9 Å². The van der Waals surface area contributed by atoms with Gasteiger partial charge in [-0.25, -0.2) is 0 Å². The third-order valence-corrected chi connectivity index (χ3v) is 7.23. The first-order chi connectivity index (χ1) is 13.0. The van der Waals surface area contributed by atoms with Gasteiger partial charge in [0.1, 0.15) is 0 Å². The van der Waals surface area contributed by atoms with Gasteiger partial charge in [0, 0.05) is 5.41 Å². The first-order valence-electron chi connectivity index (χ1n) is 8.70. The van der Waals surface area contributed by atoms with E-state index >= 15 is 0 Å². The average molecular weight is 470 g/mol. The predicted molar refractivity (Wildman–Crippen MR) is 75.7 cm³/mol. The van der Waals surface area contributed by atoms with Crippen LogP contribution in [0.1, 0.15) is 33.1 Å². The van der Waals surface area contributed by atoms with Crippen molar-refractivity contribution in [2.45, 2.75) is 69.0 Å². The van der Waals surface area contributed by atoms with Crippen molar-refractivity contribution in [2.75, 3.05) is 0 Å². The number of halogens is 12. The third kappa shape index (κ3) is 3.02. The Morgan fingerprint density at radius 1 is 0.733 bits per heavy atom. The number of fused-ring (bicyclic) bond motifs is 2. The highest BCUT2D eigenvalue weighted by atomic mass is 19.4. The molecule has 178 valence electrons. The lowest BCUT2D eigenvalue weighted by Crippen LogP contribution is -2.71. The Balaban J connectivity index is 2.74. The molecular weight excluding hydrogens is 452 g/mol. The van der Waals surface area contributed by atoms with Gasteiger partial charge in [0.25, 0.3) is 11.2 Å². The second-order valence-corrected chi connectivity index (χ2v) is 8.35. The largest absolute Gasteiger partial charge is 0.426 e. The Labute approximate surface area is 162 Å². The lowest BCUT2D eigenvalue weighted by atomic mass is 9.54. The van der Waals surface area contributed by atoms with Gasteiger partial charge in [-0.1, -0.05) is 13.8 Å². The van der Waals surface area contributed by atoms with E-state index in [1.54, 1.807) is 0 Å². The molecule has 0 aromatic carbocycles. The number of alkyl halides is 12. The minimum absolute atomic E-state index is 0.833. The Morgan fingerprint density at radius 3 is 1.43 bits per heavy atom. The van der Waals surface area contributed by atoms with E-state index in [0.29, 0.717) is 0 Å². The number of hydrogen-bond acceptors (Lipinski definition) is 2. The van der Waals surface area contributed by atoms with Crippen LogP contribution < -0.4 is 0 Å². The summed E-state index contributed by atoms with van der Waals surface area (Å²) in [6.45, 7) is 2.06. The van der Waals surface area contributed by atoms with Crippen LogP contribution in [0.15, 0.2) is 0 Å². The molecule has 2 N–H and O–H groups in total. The van der Waals surface area contributed by atoms with Gasteiger partial charge in [0.05, 0.1) is 0 Å². The highest BCUT2D eigenvalue weighted by molar-refractivity contribution is 5.21. The van der Waals surface area contributed by atoms with Crippen LogP contribution in [0.25, 0.3) is 0 Å². The SMILES string of the molecule is CC1C2CC(CC(O)(C(F)(F)F)C(F)(F)F)C(C(O)(C(F)(F)F)C(F)(F)F)(C2)C1C. The molecule has 2 aliphatic carbocycles. The maximum atomic E-state index is 13.6. The quantitative estimate of drug-likeness (QED) is 0.544. The topological polar surface area (TPSA) is 40.5 Å². The fourth-order valence-electron chi connectivity index (χ4n) is 5.57. The smallest absolute Gasteiger partial charge is 0.374 e. The molecular formula is C16H18F12O2. The summed E-state index contributed by atoms with van der Waals surface area (Å²) in [5, 5.41) is 19.4. The summed E-state index contributed by atoms with van der Waals surface area (Å²) in [6.07, 6.45) is -30.1. The standard InChI is InChI=1S/C16H18F12O2/c1-6-7(2)10(12(30,15(23,24)25)16(26,27)28)4-8(6)3-9(10)5-11(29,13(17,18)19)14(20,21)22/h6-9,29-30H,3-5H2,1-2H3. The highest BCUT2D eigenvalue weighted by Crippen LogP contribution is 2.74. The Hall–Kier alpha value is -0.920. The highest BCUT2D eigenvalue weighted by Gasteiger charge is 2.86. The lowest BCUT2D eigenvalue weighted by molar-refractivity contribution is -0.420. The first kappa shape index (κ1) is 25.3. The van der Waals surface area contributed by atoms with Crippen LogP contribution in [0.3, 0.4) is 0 Å². The van der Waals surface area contributed by atoms with Crippen molar-refractivity contribution in [1.82, 2.24) is 0 Å². The maximum absolute atomic E-state index is 13.6. The van der Waals surface area contributed by atoms with Crippen LogP contribution in [0, 0.1) is 29.1 Å². The normalized spacial score (nSPS) is 34.0. The van der Waals surface area contributed by atoms with Gasteiger partial charge in [-0.2, -0.15) is 52.7 Å². The predicted octanol–water partition coefficient (Wildman–Crippen LogP) is 5.39. The van der Waals surface area contributed by atoms with E-state index < -0.39 is 84.3 Å². The average Bonchev–Trinajstić information content (AvgIpc) is 2.98.